The maximum atomic E-state index is 13.2. The van der Waals surface area contributed by atoms with Gasteiger partial charge >= 0.3 is 5.97 Å². The largest absolute Gasteiger partial charge is 0.463 e. The van der Waals surface area contributed by atoms with E-state index in [4.69, 9.17) is 16.3 Å². The van der Waals surface area contributed by atoms with Gasteiger partial charge in [-0.15, -0.1) is 0 Å². The molecule has 7 heteroatoms. The Morgan fingerprint density at radius 2 is 1.76 bits per heavy atom. The summed E-state index contributed by atoms with van der Waals surface area (Å²) in [5.41, 5.74) is 3.33. The van der Waals surface area contributed by atoms with Crippen LogP contribution in [0.2, 0.25) is 5.02 Å². The number of esters is 1. The van der Waals surface area contributed by atoms with Gasteiger partial charge in [0, 0.05) is 35.2 Å². The van der Waals surface area contributed by atoms with Gasteiger partial charge in [0.25, 0.3) is 5.91 Å². The fourth-order valence-corrected chi connectivity index (χ4v) is 4.13. The number of hydrogen-bond acceptors (Lipinski definition) is 4. The number of hydrogen-bond donors (Lipinski definition) is 1. The third-order valence-corrected chi connectivity index (χ3v) is 6.07. The second-order valence-electron chi connectivity index (χ2n) is 8.81. The molecule has 2 aromatic carbocycles. The quantitative estimate of drug-likeness (QED) is 0.532. The number of carbonyl (C=O) groups excluding carboxylic acids is 3. The van der Waals surface area contributed by atoms with Gasteiger partial charge in [0.15, 0.2) is 0 Å². The first-order chi connectivity index (χ1) is 16.2. The van der Waals surface area contributed by atoms with E-state index in [1.807, 2.05) is 38.1 Å². The van der Waals surface area contributed by atoms with Crippen molar-refractivity contribution in [3.05, 3.63) is 81.5 Å². The van der Waals surface area contributed by atoms with Crippen LogP contribution in [-0.4, -0.2) is 35.8 Å². The van der Waals surface area contributed by atoms with Crippen LogP contribution in [0.3, 0.4) is 0 Å². The maximum Gasteiger partial charge on any atom is 0.336 e. The van der Waals surface area contributed by atoms with E-state index in [0.717, 1.165) is 11.1 Å². The van der Waals surface area contributed by atoms with Crippen LogP contribution in [-0.2, 0) is 20.9 Å². The highest BCUT2D eigenvalue weighted by Gasteiger charge is 2.36. The Kier molecular flexibility index (Phi) is 8.51. The standard InChI is InChI=1S/C27H31ClN2O4/c1-5-34-27(33)25-18(4)30(24(31)14-23(25)20-10-12-22(28)13-11-20)16-19-6-8-21(9-7-19)26(32)29-15-17(2)3/h6-13,17,23H,5,14-16H2,1-4H3,(H,29,32)/t23-/m0/s1. The maximum absolute atomic E-state index is 13.2. The van der Waals surface area contributed by atoms with Gasteiger partial charge in [-0.05, 0) is 55.2 Å². The molecule has 0 unspecified atom stereocenters. The fraction of sp³-hybridized carbons (Fsp3) is 0.370. The summed E-state index contributed by atoms with van der Waals surface area (Å²) in [5.74, 6) is -0.653. The van der Waals surface area contributed by atoms with Crippen molar-refractivity contribution in [1.82, 2.24) is 10.2 Å². The SMILES string of the molecule is CCOC(=O)C1=C(C)N(Cc2ccc(C(=O)NCC(C)C)cc2)C(=O)C[C@H]1c1ccc(Cl)cc1. The van der Waals surface area contributed by atoms with Crippen LogP contribution >= 0.6 is 11.6 Å². The molecular weight excluding hydrogens is 452 g/mol. The summed E-state index contributed by atoms with van der Waals surface area (Å²) in [6.45, 7) is 8.77. The second kappa shape index (κ2) is 11.3. The van der Waals surface area contributed by atoms with Gasteiger partial charge in [-0.25, -0.2) is 4.79 Å². The van der Waals surface area contributed by atoms with E-state index in [1.54, 1.807) is 43.0 Å². The molecule has 6 nitrogen and oxygen atoms in total. The van der Waals surface area contributed by atoms with Gasteiger partial charge in [0.1, 0.15) is 0 Å². The van der Waals surface area contributed by atoms with E-state index < -0.39 is 11.9 Å². The number of allylic oxidation sites excluding steroid dienone is 1. The Morgan fingerprint density at radius 3 is 2.35 bits per heavy atom. The smallest absolute Gasteiger partial charge is 0.336 e. The molecule has 0 saturated heterocycles. The zero-order chi connectivity index (χ0) is 24.8. The Hall–Kier alpha value is -3.12. The number of amides is 2. The molecule has 1 aliphatic rings. The van der Waals surface area contributed by atoms with E-state index >= 15 is 0 Å². The van der Waals surface area contributed by atoms with Crippen molar-refractivity contribution in [3.8, 4) is 0 Å². The molecule has 0 fully saturated rings. The van der Waals surface area contributed by atoms with Crippen LogP contribution in [0.15, 0.2) is 59.8 Å². The number of nitrogens with one attached hydrogen (secondary N) is 1. The number of nitrogens with zero attached hydrogens (tertiary/aromatic N) is 1. The normalized spacial score (nSPS) is 16.1. The van der Waals surface area contributed by atoms with Crippen molar-refractivity contribution >= 4 is 29.4 Å². The van der Waals surface area contributed by atoms with E-state index in [0.29, 0.717) is 40.9 Å². The highest BCUT2D eigenvalue weighted by Crippen LogP contribution is 2.38. The summed E-state index contributed by atoms with van der Waals surface area (Å²) in [4.78, 5) is 40.0. The van der Waals surface area contributed by atoms with Gasteiger partial charge in [-0.1, -0.05) is 49.7 Å². The first kappa shape index (κ1) is 25.5. The highest BCUT2D eigenvalue weighted by atomic mass is 35.5. The zero-order valence-corrected chi connectivity index (χ0v) is 20.8. The van der Waals surface area contributed by atoms with E-state index in [2.05, 4.69) is 5.32 Å². The molecule has 0 saturated carbocycles. The summed E-state index contributed by atoms with van der Waals surface area (Å²) in [6.07, 6.45) is 0.156. The van der Waals surface area contributed by atoms with Crippen LogP contribution in [0.1, 0.15) is 61.5 Å². The lowest BCUT2D eigenvalue weighted by Crippen LogP contribution is -2.38. The van der Waals surface area contributed by atoms with Crippen molar-refractivity contribution in [1.29, 1.82) is 0 Å². The molecule has 180 valence electrons. The molecule has 3 rings (SSSR count). The number of rotatable bonds is 8. The minimum Gasteiger partial charge on any atom is -0.463 e. The van der Waals surface area contributed by atoms with Crippen molar-refractivity contribution < 1.29 is 19.1 Å². The molecule has 1 atom stereocenters. The van der Waals surface area contributed by atoms with Gasteiger partial charge < -0.3 is 15.0 Å². The molecular formula is C27H31ClN2O4. The molecule has 1 heterocycles. The van der Waals surface area contributed by atoms with Crippen molar-refractivity contribution in [2.75, 3.05) is 13.2 Å². The lowest BCUT2D eigenvalue weighted by molar-refractivity contribution is -0.140. The predicted molar refractivity (Wildman–Crippen MR) is 132 cm³/mol. The zero-order valence-electron chi connectivity index (χ0n) is 20.1. The Bertz CT molecular complexity index is 1070. The summed E-state index contributed by atoms with van der Waals surface area (Å²) < 4.78 is 5.34. The minimum absolute atomic E-state index is 0.0794. The molecule has 0 aliphatic carbocycles. The van der Waals surface area contributed by atoms with Crippen LogP contribution in [0.25, 0.3) is 0 Å². The second-order valence-corrected chi connectivity index (χ2v) is 9.24. The topological polar surface area (TPSA) is 75.7 Å². The third kappa shape index (κ3) is 6.06. The van der Waals surface area contributed by atoms with Crippen LogP contribution in [0.4, 0.5) is 0 Å². The van der Waals surface area contributed by atoms with Crippen molar-refractivity contribution in [3.63, 3.8) is 0 Å². The molecule has 0 aromatic heterocycles. The van der Waals surface area contributed by atoms with Crippen molar-refractivity contribution in [2.45, 2.75) is 46.6 Å². The molecule has 2 aromatic rings. The third-order valence-electron chi connectivity index (χ3n) is 5.82. The number of ether oxygens (including phenoxy) is 1. The molecule has 0 spiro atoms. The highest BCUT2D eigenvalue weighted by molar-refractivity contribution is 6.30. The molecule has 1 aliphatic heterocycles. The lowest BCUT2D eigenvalue weighted by Gasteiger charge is -2.34. The van der Waals surface area contributed by atoms with Crippen molar-refractivity contribution in [2.24, 2.45) is 5.92 Å². The Morgan fingerprint density at radius 1 is 1.12 bits per heavy atom. The fourth-order valence-electron chi connectivity index (χ4n) is 4.00. The summed E-state index contributed by atoms with van der Waals surface area (Å²) in [5, 5.41) is 3.49. The molecule has 2 amide bonds. The number of halogens is 1. The van der Waals surface area contributed by atoms with Gasteiger partial charge in [-0.3, -0.25) is 9.59 Å². The average Bonchev–Trinajstić information content (AvgIpc) is 2.80. The summed E-state index contributed by atoms with van der Waals surface area (Å²) in [6, 6.07) is 14.4. The first-order valence-corrected chi connectivity index (χ1v) is 11.9. The predicted octanol–water partition coefficient (Wildman–Crippen LogP) is 5.08. The minimum atomic E-state index is -0.422. The molecule has 1 N–H and O–H groups in total. The Labute approximate surface area is 205 Å². The first-order valence-electron chi connectivity index (χ1n) is 11.5. The molecule has 34 heavy (non-hydrogen) atoms. The van der Waals surface area contributed by atoms with E-state index in [-0.39, 0.29) is 24.8 Å². The van der Waals surface area contributed by atoms with Crippen LogP contribution < -0.4 is 5.32 Å². The van der Waals surface area contributed by atoms with E-state index in [9.17, 15) is 14.4 Å². The molecule has 0 bridgehead atoms. The summed E-state index contributed by atoms with van der Waals surface area (Å²) in [7, 11) is 0. The lowest BCUT2D eigenvalue weighted by atomic mass is 9.83. The average molecular weight is 483 g/mol. The number of carbonyl (C=O) groups is 3. The monoisotopic (exact) mass is 482 g/mol. The van der Waals surface area contributed by atoms with Crippen LogP contribution in [0.5, 0.6) is 0 Å². The van der Waals surface area contributed by atoms with Gasteiger partial charge in [-0.2, -0.15) is 0 Å². The number of benzene rings is 2. The summed E-state index contributed by atoms with van der Waals surface area (Å²) >= 11 is 6.03. The van der Waals surface area contributed by atoms with Gasteiger partial charge in [0.2, 0.25) is 5.91 Å². The van der Waals surface area contributed by atoms with Crippen LogP contribution in [0, 0.1) is 5.92 Å². The van der Waals surface area contributed by atoms with E-state index in [1.165, 1.54) is 0 Å². The van der Waals surface area contributed by atoms with Gasteiger partial charge in [0.05, 0.1) is 18.7 Å². The Balaban J connectivity index is 1.86. The molecule has 0 radical (unpaired) electrons.